The molecule has 1 unspecified atom stereocenters. The number of aromatic nitrogens is 1. The van der Waals surface area contributed by atoms with Crippen molar-refractivity contribution in [3.05, 3.63) is 35.7 Å². The van der Waals surface area contributed by atoms with Crippen molar-refractivity contribution in [3.63, 3.8) is 0 Å². The molecule has 0 radical (unpaired) electrons. The van der Waals surface area contributed by atoms with Crippen molar-refractivity contribution in [3.8, 4) is 17.2 Å². The van der Waals surface area contributed by atoms with Crippen molar-refractivity contribution in [1.82, 2.24) is 4.98 Å². The molecule has 0 saturated carbocycles. The van der Waals surface area contributed by atoms with Gasteiger partial charge in [0.25, 0.3) is 0 Å². The molecule has 4 nitrogen and oxygen atoms in total. The average molecular weight is 260 g/mol. The summed E-state index contributed by atoms with van der Waals surface area (Å²) in [6.45, 7) is 6.13. The highest BCUT2D eigenvalue weighted by Gasteiger charge is 2.18. The van der Waals surface area contributed by atoms with Crippen molar-refractivity contribution < 1.29 is 9.15 Å². The first-order chi connectivity index (χ1) is 9.02. The van der Waals surface area contributed by atoms with E-state index >= 15 is 0 Å². The summed E-state index contributed by atoms with van der Waals surface area (Å²) < 4.78 is 11.1. The number of rotatable bonds is 4. The second kappa shape index (κ2) is 5.45. The van der Waals surface area contributed by atoms with Gasteiger partial charge in [-0.05, 0) is 25.0 Å². The second-order valence-electron chi connectivity index (χ2n) is 5.04. The number of aryl methyl sites for hydroxylation is 1. The third kappa shape index (κ3) is 2.79. The minimum atomic E-state index is -0.142. The lowest BCUT2D eigenvalue weighted by Crippen LogP contribution is -2.15. The topological polar surface area (TPSA) is 61.3 Å². The number of ether oxygens (including phenoxy) is 1. The lowest BCUT2D eigenvalue weighted by Gasteiger charge is -2.11. The smallest absolute Gasteiger partial charge is 0.230 e. The Bertz CT molecular complexity index is 561. The number of methoxy groups -OCH3 is 1. The van der Waals surface area contributed by atoms with Crippen LogP contribution >= 0.6 is 0 Å². The maximum Gasteiger partial charge on any atom is 0.230 e. The summed E-state index contributed by atoms with van der Waals surface area (Å²) in [7, 11) is 1.64. The SMILES string of the molecule is COc1ccc(C)cc1-c1ncc(C(N)C(C)C)o1. The van der Waals surface area contributed by atoms with E-state index in [0.717, 1.165) is 16.9 Å². The monoisotopic (exact) mass is 260 g/mol. The molecule has 1 heterocycles. The lowest BCUT2D eigenvalue weighted by atomic mass is 10.0. The van der Waals surface area contributed by atoms with Gasteiger partial charge in [-0.15, -0.1) is 0 Å². The molecule has 1 atom stereocenters. The van der Waals surface area contributed by atoms with Gasteiger partial charge in [-0.2, -0.15) is 0 Å². The zero-order valence-electron chi connectivity index (χ0n) is 11.8. The predicted molar refractivity (Wildman–Crippen MR) is 75.0 cm³/mol. The van der Waals surface area contributed by atoms with E-state index in [1.54, 1.807) is 13.3 Å². The molecule has 1 aromatic carbocycles. The standard InChI is InChI=1S/C15H20N2O2/c1-9(2)14(16)13-8-17-15(19-13)11-7-10(3)5-6-12(11)18-4/h5-9,14H,16H2,1-4H3. The van der Waals surface area contributed by atoms with Crippen LogP contribution in [-0.2, 0) is 0 Å². The molecular formula is C15H20N2O2. The maximum absolute atomic E-state index is 6.06. The zero-order chi connectivity index (χ0) is 14.0. The molecule has 0 saturated heterocycles. The Labute approximate surface area is 113 Å². The molecule has 2 aromatic rings. The minimum absolute atomic E-state index is 0.142. The van der Waals surface area contributed by atoms with E-state index in [2.05, 4.69) is 18.8 Å². The first-order valence-electron chi connectivity index (χ1n) is 6.39. The fourth-order valence-electron chi connectivity index (χ4n) is 1.88. The fraction of sp³-hybridized carbons (Fsp3) is 0.400. The van der Waals surface area contributed by atoms with Crippen LogP contribution in [0.2, 0.25) is 0 Å². The highest BCUT2D eigenvalue weighted by molar-refractivity contribution is 5.63. The molecule has 0 aliphatic heterocycles. The molecule has 2 N–H and O–H groups in total. The van der Waals surface area contributed by atoms with Crippen LogP contribution in [0.25, 0.3) is 11.5 Å². The highest BCUT2D eigenvalue weighted by atomic mass is 16.5. The Morgan fingerprint density at radius 3 is 2.68 bits per heavy atom. The molecule has 0 amide bonds. The molecular weight excluding hydrogens is 240 g/mol. The molecule has 19 heavy (non-hydrogen) atoms. The van der Waals surface area contributed by atoms with Crippen molar-refractivity contribution >= 4 is 0 Å². The van der Waals surface area contributed by atoms with Gasteiger partial charge >= 0.3 is 0 Å². The van der Waals surface area contributed by atoms with Gasteiger partial charge in [-0.3, -0.25) is 0 Å². The third-order valence-electron chi connectivity index (χ3n) is 3.16. The van der Waals surface area contributed by atoms with Crippen LogP contribution in [0, 0.1) is 12.8 Å². The first kappa shape index (κ1) is 13.6. The van der Waals surface area contributed by atoms with Gasteiger partial charge in [0.15, 0.2) is 0 Å². The number of benzene rings is 1. The Morgan fingerprint density at radius 2 is 2.05 bits per heavy atom. The van der Waals surface area contributed by atoms with E-state index in [4.69, 9.17) is 14.9 Å². The predicted octanol–water partition coefficient (Wildman–Crippen LogP) is 3.31. The van der Waals surface area contributed by atoms with Gasteiger partial charge in [0.2, 0.25) is 5.89 Å². The van der Waals surface area contributed by atoms with Crippen LogP contribution in [0.3, 0.4) is 0 Å². The summed E-state index contributed by atoms with van der Waals surface area (Å²) in [6.07, 6.45) is 1.70. The largest absolute Gasteiger partial charge is 0.496 e. The lowest BCUT2D eigenvalue weighted by molar-refractivity contribution is 0.399. The van der Waals surface area contributed by atoms with Crippen LogP contribution in [0.1, 0.15) is 31.2 Å². The van der Waals surface area contributed by atoms with Gasteiger partial charge in [-0.1, -0.05) is 25.5 Å². The molecule has 0 fully saturated rings. The van der Waals surface area contributed by atoms with E-state index in [-0.39, 0.29) is 6.04 Å². The third-order valence-corrected chi connectivity index (χ3v) is 3.16. The van der Waals surface area contributed by atoms with Crippen LogP contribution in [-0.4, -0.2) is 12.1 Å². The van der Waals surface area contributed by atoms with Crippen LogP contribution in [0.4, 0.5) is 0 Å². The normalized spacial score (nSPS) is 12.7. The zero-order valence-corrected chi connectivity index (χ0v) is 11.8. The van der Waals surface area contributed by atoms with Gasteiger partial charge in [0, 0.05) is 0 Å². The summed E-state index contributed by atoms with van der Waals surface area (Å²) in [5.74, 6) is 2.30. The molecule has 0 aliphatic rings. The summed E-state index contributed by atoms with van der Waals surface area (Å²) in [5, 5.41) is 0. The van der Waals surface area contributed by atoms with Gasteiger partial charge in [0.1, 0.15) is 11.5 Å². The highest BCUT2D eigenvalue weighted by Crippen LogP contribution is 2.32. The number of hydrogen-bond donors (Lipinski definition) is 1. The first-order valence-corrected chi connectivity index (χ1v) is 6.39. The van der Waals surface area contributed by atoms with Crippen molar-refractivity contribution in [2.45, 2.75) is 26.8 Å². The number of nitrogens with zero attached hydrogens (tertiary/aromatic N) is 1. The molecule has 102 valence electrons. The van der Waals surface area contributed by atoms with Crippen molar-refractivity contribution in [1.29, 1.82) is 0 Å². The Morgan fingerprint density at radius 1 is 1.32 bits per heavy atom. The molecule has 0 aliphatic carbocycles. The Kier molecular flexibility index (Phi) is 3.90. The second-order valence-corrected chi connectivity index (χ2v) is 5.04. The van der Waals surface area contributed by atoms with Crippen LogP contribution < -0.4 is 10.5 Å². The summed E-state index contributed by atoms with van der Waals surface area (Å²) in [5.41, 5.74) is 8.04. The molecule has 4 heteroatoms. The van der Waals surface area contributed by atoms with Crippen molar-refractivity contribution in [2.24, 2.45) is 11.7 Å². The summed E-state index contributed by atoms with van der Waals surface area (Å²) >= 11 is 0. The number of oxazole rings is 1. The van der Waals surface area contributed by atoms with E-state index in [1.807, 2.05) is 25.1 Å². The Balaban J connectivity index is 2.40. The van der Waals surface area contributed by atoms with E-state index in [0.29, 0.717) is 17.6 Å². The molecule has 0 bridgehead atoms. The summed E-state index contributed by atoms with van der Waals surface area (Å²) in [4.78, 5) is 4.31. The van der Waals surface area contributed by atoms with Crippen LogP contribution in [0.15, 0.2) is 28.8 Å². The van der Waals surface area contributed by atoms with Gasteiger partial charge in [0.05, 0.1) is 24.9 Å². The van der Waals surface area contributed by atoms with E-state index in [1.165, 1.54) is 0 Å². The minimum Gasteiger partial charge on any atom is -0.496 e. The van der Waals surface area contributed by atoms with E-state index < -0.39 is 0 Å². The fourth-order valence-corrected chi connectivity index (χ4v) is 1.88. The molecule has 2 rings (SSSR count). The molecule has 0 spiro atoms. The Hall–Kier alpha value is -1.81. The van der Waals surface area contributed by atoms with Gasteiger partial charge in [-0.25, -0.2) is 4.98 Å². The molecule has 1 aromatic heterocycles. The van der Waals surface area contributed by atoms with Gasteiger partial charge < -0.3 is 14.9 Å². The number of hydrogen-bond acceptors (Lipinski definition) is 4. The number of nitrogens with two attached hydrogens (primary N) is 1. The average Bonchev–Trinajstić information content (AvgIpc) is 2.87. The maximum atomic E-state index is 6.06. The quantitative estimate of drug-likeness (QED) is 0.916. The van der Waals surface area contributed by atoms with Crippen LogP contribution in [0.5, 0.6) is 5.75 Å². The summed E-state index contributed by atoms with van der Waals surface area (Å²) in [6, 6.07) is 5.76. The van der Waals surface area contributed by atoms with E-state index in [9.17, 15) is 0 Å². The van der Waals surface area contributed by atoms with Crippen molar-refractivity contribution in [2.75, 3.05) is 7.11 Å².